The average Bonchev–Trinajstić information content (AvgIpc) is 3.22. The first kappa shape index (κ1) is 25.1. The molecule has 178 valence electrons. The van der Waals surface area contributed by atoms with Crippen LogP contribution in [0.5, 0.6) is 0 Å². The van der Waals surface area contributed by atoms with Crippen LogP contribution in [0.1, 0.15) is 17.2 Å². The monoisotopic (exact) mass is 533 g/mol. The van der Waals surface area contributed by atoms with Gasteiger partial charge in [-0.15, -0.1) is 11.3 Å². The molecule has 0 spiro atoms. The molecule has 0 saturated heterocycles. The summed E-state index contributed by atoms with van der Waals surface area (Å²) in [6.45, 7) is 0. The van der Waals surface area contributed by atoms with Gasteiger partial charge < -0.3 is 5.32 Å². The van der Waals surface area contributed by atoms with Crippen LogP contribution < -0.4 is 10.0 Å². The summed E-state index contributed by atoms with van der Waals surface area (Å²) in [7, 11) is -13.5. The smallest absolute Gasteiger partial charge is 0.286 e. The van der Waals surface area contributed by atoms with Gasteiger partial charge in [0.25, 0.3) is 30.3 Å². The van der Waals surface area contributed by atoms with E-state index >= 15 is 0 Å². The maximum atomic E-state index is 12.4. The summed E-state index contributed by atoms with van der Waals surface area (Å²) in [5.41, 5.74) is 0.220. The standard InChI is InChI=1S/C18H19N3O8S4/c22-31(23,21-18-19-10-11-30-18)15-8-6-14(7-9-15)20-17(33(27,28)29)12-16(32(24,25)26)13-4-2-1-3-5-13/h1-11,16-17,20H,12H2,(H,19,21)(H,24,25,26)(H,27,28,29). The van der Waals surface area contributed by atoms with Gasteiger partial charge in [-0.2, -0.15) is 16.8 Å². The third-order valence-corrected chi connectivity index (χ3v) is 8.85. The highest BCUT2D eigenvalue weighted by Gasteiger charge is 2.34. The molecule has 4 N–H and O–H groups in total. The molecule has 0 saturated carbocycles. The Morgan fingerprint density at radius 1 is 0.879 bits per heavy atom. The molecule has 11 nitrogen and oxygen atoms in total. The molecule has 0 aliphatic rings. The number of aromatic nitrogens is 1. The van der Waals surface area contributed by atoms with Crippen LogP contribution in [0.3, 0.4) is 0 Å². The molecular weight excluding hydrogens is 514 g/mol. The van der Waals surface area contributed by atoms with E-state index in [1.165, 1.54) is 54.7 Å². The molecule has 1 heterocycles. The summed E-state index contributed by atoms with van der Waals surface area (Å²) >= 11 is 1.09. The van der Waals surface area contributed by atoms with Crippen molar-refractivity contribution in [2.45, 2.75) is 21.9 Å². The summed E-state index contributed by atoms with van der Waals surface area (Å²) in [6, 6.07) is 12.3. The van der Waals surface area contributed by atoms with Gasteiger partial charge >= 0.3 is 0 Å². The van der Waals surface area contributed by atoms with Crippen molar-refractivity contribution in [2.24, 2.45) is 0 Å². The zero-order valence-electron chi connectivity index (χ0n) is 16.6. The van der Waals surface area contributed by atoms with Gasteiger partial charge in [0.05, 0.1) is 4.90 Å². The number of rotatable bonds is 10. The van der Waals surface area contributed by atoms with Crippen LogP contribution >= 0.6 is 11.3 Å². The minimum absolute atomic E-state index is 0.0907. The van der Waals surface area contributed by atoms with Gasteiger partial charge in [-0.3, -0.25) is 13.8 Å². The van der Waals surface area contributed by atoms with E-state index in [1.807, 2.05) is 0 Å². The van der Waals surface area contributed by atoms with E-state index < -0.39 is 47.3 Å². The molecule has 0 bridgehead atoms. The summed E-state index contributed by atoms with van der Waals surface area (Å²) in [6.07, 6.45) is 0.716. The van der Waals surface area contributed by atoms with Crippen molar-refractivity contribution in [3.05, 3.63) is 71.7 Å². The highest BCUT2D eigenvalue weighted by molar-refractivity contribution is 7.93. The van der Waals surface area contributed by atoms with Crippen molar-refractivity contribution >= 4 is 52.4 Å². The van der Waals surface area contributed by atoms with Gasteiger partial charge in [0.1, 0.15) is 5.25 Å². The van der Waals surface area contributed by atoms with E-state index in [1.54, 1.807) is 11.4 Å². The van der Waals surface area contributed by atoms with Crippen molar-refractivity contribution in [3.8, 4) is 0 Å². The summed E-state index contributed by atoms with van der Waals surface area (Å²) < 4.78 is 94.1. The molecule has 0 radical (unpaired) electrons. The van der Waals surface area contributed by atoms with Gasteiger partial charge in [0.15, 0.2) is 10.5 Å². The van der Waals surface area contributed by atoms with Crippen LogP contribution in [0.25, 0.3) is 0 Å². The fraction of sp³-hybridized carbons (Fsp3) is 0.167. The van der Waals surface area contributed by atoms with Crippen LogP contribution in [0, 0.1) is 0 Å². The predicted octanol–water partition coefficient (Wildman–Crippen LogP) is 2.59. The van der Waals surface area contributed by atoms with Crippen molar-refractivity contribution in [1.82, 2.24) is 4.98 Å². The maximum absolute atomic E-state index is 12.4. The van der Waals surface area contributed by atoms with Gasteiger partial charge in [0, 0.05) is 23.7 Å². The normalized spacial score (nSPS) is 14.4. The first-order valence-corrected chi connectivity index (χ1v) is 14.5. The van der Waals surface area contributed by atoms with E-state index in [0.29, 0.717) is 0 Å². The number of thiazole rings is 1. The zero-order chi connectivity index (χ0) is 24.3. The SMILES string of the molecule is O=S(=O)(Nc1nccs1)c1ccc(NC(CC(c2ccccc2)S(=O)(=O)O)S(=O)(=O)O)cc1. The lowest BCUT2D eigenvalue weighted by molar-refractivity contribution is 0.451. The van der Waals surface area contributed by atoms with E-state index in [2.05, 4.69) is 15.0 Å². The molecule has 3 rings (SSSR count). The first-order valence-electron chi connectivity index (χ1n) is 9.13. The second kappa shape index (κ2) is 9.74. The fourth-order valence-corrected chi connectivity index (χ4v) is 6.48. The molecular formula is C18H19N3O8S4. The third kappa shape index (κ3) is 6.72. The molecule has 2 aromatic carbocycles. The number of hydrogen-bond donors (Lipinski definition) is 4. The number of benzene rings is 2. The van der Waals surface area contributed by atoms with Crippen molar-refractivity contribution in [3.63, 3.8) is 0 Å². The minimum Gasteiger partial charge on any atom is -0.367 e. The minimum atomic E-state index is -4.82. The summed E-state index contributed by atoms with van der Waals surface area (Å²) in [5, 5.41) is 0.779. The second-order valence-electron chi connectivity index (χ2n) is 6.77. The lowest BCUT2D eigenvalue weighted by Crippen LogP contribution is -2.32. The van der Waals surface area contributed by atoms with Crippen LogP contribution in [0.2, 0.25) is 0 Å². The average molecular weight is 534 g/mol. The van der Waals surface area contributed by atoms with Crippen molar-refractivity contribution < 1.29 is 34.4 Å². The highest BCUT2D eigenvalue weighted by atomic mass is 32.2. The number of nitrogens with one attached hydrogen (secondary N) is 2. The maximum Gasteiger partial charge on any atom is 0.286 e. The largest absolute Gasteiger partial charge is 0.367 e. The topological polar surface area (TPSA) is 180 Å². The number of nitrogens with zero attached hydrogens (tertiary/aromatic N) is 1. The fourth-order valence-electron chi connectivity index (χ4n) is 2.91. The van der Waals surface area contributed by atoms with Crippen LogP contribution in [-0.4, -0.2) is 44.7 Å². The van der Waals surface area contributed by atoms with Crippen molar-refractivity contribution in [2.75, 3.05) is 10.0 Å². The molecule has 0 amide bonds. The Morgan fingerprint density at radius 2 is 1.52 bits per heavy atom. The first-order chi connectivity index (χ1) is 15.4. The molecule has 3 aromatic rings. The Balaban J connectivity index is 1.83. The predicted molar refractivity (Wildman–Crippen MR) is 124 cm³/mol. The van der Waals surface area contributed by atoms with Gasteiger partial charge in [-0.05, 0) is 29.8 Å². The van der Waals surface area contributed by atoms with E-state index in [4.69, 9.17) is 0 Å². The molecule has 33 heavy (non-hydrogen) atoms. The van der Waals surface area contributed by atoms with Gasteiger partial charge in [-0.25, -0.2) is 13.4 Å². The highest BCUT2D eigenvalue weighted by Crippen LogP contribution is 2.29. The molecule has 15 heteroatoms. The van der Waals surface area contributed by atoms with E-state index in [9.17, 15) is 34.4 Å². The molecule has 0 fully saturated rings. The van der Waals surface area contributed by atoms with Crippen LogP contribution in [0.4, 0.5) is 10.8 Å². The van der Waals surface area contributed by atoms with Gasteiger partial charge in [-0.1, -0.05) is 30.3 Å². The second-order valence-corrected chi connectivity index (χ2v) is 12.5. The number of hydrogen-bond acceptors (Lipinski definition) is 9. The van der Waals surface area contributed by atoms with Crippen LogP contribution in [-0.2, 0) is 30.3 Å². The molecule has 0 aliphatic heterocycles. The Kier molecular flexibility index (Phi) is 7.40. The zero-order valence-corrected chi connectivity index (χ0v) is 19.9. The molecule has 1 aromatic heterocycles. The van der Waals surface area contributed by atoms with E-state index in [0.717, 1.165) is 11.3 Å². The Labute approximate surface area is 195 Å². The lowest BCUT2D eigenvalue weighted by Gasteiger charge is -2.22. The summed E-state index contributed by atoms with van der Waals surface area (Å²) in [5.74, 6) is 0. The lowest BCUT2D eigenvalue weighted by atomic mass is 10.1. The third-order valence-electron chi connectivity index (χ3n) is 4.46. The quantitative estimate of drug-likeness (QED) is 0.283. The molecule has 2 unspecified atom stereocenters. The van der Waals surface area contributed by atoms with Crippen molar-refractivity contribution in [1.29, 1.82) is 0 Å². The molecule has 2 atom stereocenters. The molecule has 0 aliphatic carbocycles. The Hall–Kier alpha value is -2.56. The van der Waals surface area contributed by atoms with E-state index in [-0.39, 0.29) is 21.3 Å². The Morgan fingerprint density at radius 3 is 2.03 bits per heavy atom. The van der Waals surface area contributed by atoms with Gasteiger partial charge in [0.2, 0.25) is 0 Å². The number of anilines is 2. The summed E-state index contributed by atoms with van der Waals surface area (Å²) in [4.78, 5) is 3.70. The van der Waals surface area contributed by atoms with Crippen LogP contribution in [0.15, 0.2) is 71.1 Å². The Bertz CT molecular complexity index is 1390. The number of sulfonamides is 1.